The average Bonchev–Trinajstić information content (AvgIpc) is 2.89. The van der Waals surface area contributed by atoms with Gasteiger partial charge in [0.2, 0.25) is 5.89 Å². The number of aromatic nitrogens is 2. The fraction of sp³-hybridized carbons (Fsp3) is 0.846. The van der Waals surface area contributed by atoms with E-state index in [1.54, 1.807) is 0 Å². The normalized spacial score (nSPS) is 25.4. The molecule has 1 fully saturated rings. The molecule has 1 saturated heterocycles. The second-order valence-corrected chi connectivity index (χ2v) is 5.62. The van der Waals surface area contributed by atoms with E-state index in [0.29, 0.717) is 6.04 Å². The van der Waals surface area contributed by atoms with Gasteiger partial charge >= 0.3 is 0 Å². The molecular weight excluding hydrogens is 242 g/mol. The van der Waals surface area contributed by atoms with Crippen LogP contribution in [0.4, 0.5) is 0 Å². The van der Waals surface area contributed by atoms with Gasteiger partial charge in [-0.05, 0) is 28.1 Å². The summed E-state index contributed by atoms with van der Waals surface area (Å²) in [4.78, 5) is 9.20. The van der Waals surface area contributed by atoms with Crippen molar-refractivity contribution in [2.24, 2.45) is 0 Å². The third-order valence-electron chi connectivity index (χ3n) is 4.20. The number of nitrogens with zero attached hydrogens (tertiary/aromatic N) is 4. The molecule has 6 nitrogen and oxygen atoms in total. The molecular formula is C13H25N5O. The van der Waals surface area contributed by atoms with Crippen LogP contribution in [0, 0.1) is 0 Å². The van der Waals surface area contributed by atoms with Gasteiger partial charge in [-0.25, -0.2) is 0 Å². The maximum atomic E-state index is 5.44. The lowest BCUT2D eigenvalue weighted by atomic mass is 10.0. The Bertz CT molecular complexity index is 407. The summed E-state index contributed by atoms with van der Waals surface area (Å²) in [6, 6.07) is 0.549. The molecule has 0 saturated carbocycles. The van der Waals surface area contributed by atoms with Crippen LogP contribution in [0.15, 0.2) is 4.52 Å². The van der Waals surface area contributed by atoms with Gasteiger partial charge in [0, 0.05) is 25.7 Å². The van der Waals surface area contributed by atoms with Crippen molar-refractivity contribution >= 4 is 0 Å². The minimum absolute atomic E-state index is 0.220. The maximum absolute atomic E-state index is 5.44. The van der Waals surface area contributed by atoms with Crippen LogP contribution in [0.2, 0.25) is 0 Å². The number of rotatable bonds is 4. The molecule has 6 heteroatoms. The highest BCUT2D eigenvalue weighted by Crippen LogP contribution is 2.24. The van der Waals surface area contributed by atoms with Gasteiger partial charge in [-0.2, -0.15) is 4.98 Å². The maximum Gasteiger partial charge on any atom is 0.231 e. The quantitative estimate of drug-likeness (QED) is 0.866. The predicted octanol–water partition coefficient (Wildman–Crippen LogP) is 0.699. The van der Waals surface area contributed by atoms with Crippen LogP contribution in [0.1, 0.15) is 37.5 Å². The standard InChI is InChI=1S/C13H25N5O/c1-9(10(2)14-3)13-15-12(16-19-13)11-8-17(4)6-7-18(11)5/h9-11,14H,6-8H2,1-5H3. The Hall–Kier alpha value is -0.980. The van der Waals surface area contributed by atoms with Crippen molar-refractivity contribution in [3.63, 3.8) is 0 Å². The summed E-state index contributed by atoms with van der Waals surface area (Å²) in [5, 5.41) is 7.40. The molecule has 2 heterocycles. The fourth-order valence-electron chi connectivity index (χ4n) is 2.32. The average molecular weight is 267 g/mol. The molecule has 3 unspecified atom stereocenters. The molecule has 0 amide bonds. The van der Waals surface area contributed by atoms with Crippen LogP contribution < -0.4 is 5.32 Å². The topological polar surface area (TPSA) is 57.4 Å². The molecule has 0 spiro atoms. The second kappa shape index (κ2) is 5.98. The Kier molecular flexibility index (Phi) is 4.54. The molecule has 108 valence electrons. The summed E-state index contributed by atoms with van der Waals surface area (Å²) in [5.41, 5.74) is 0. The third kappa shape index (κ3) is 3.13. The number of nitrogens with one attached hydrogen (secondary N) is 1. The van der Waals surface area contributed by atoms with Crippen LogP contribution in [0.25, 0.3) is 0 Å². The molecule has 19 heavy (non-hydrogen) atoms. The molecule has 1 N–H and O–H groups in total. The van der Waals surface area contributed by atoms with Crippen LogP contribution in [0.5, 0.6) is 0 Å². The van der Waals surface area contributed by atoms with E-state index in [2.05, 4.69) is 53.2 Å². The zero-order valence-corrected chi connectivity index (χ0v) is 12.6. The largest absolute Gasteiger partial charge is 0.339 e. The minimum Gasteiger partial charge on any atom is -0.339 e. The van der Waals surface area contributed by atoms with Gasteiger partial charge in [0.05, 0.1) is 12.0 Å². The number of hydrogen-bond acceptors (Lipinski definition) is 6. The molecule has 1 aromatic heterocycles. The van der Waals surface area contributed by atoms with Gasteiger partial charge in [0.15, 0.2) is 5.82 Å². The smallest absolute Gasteiger partial charge is 0.231 e. The van der Waals surface area contributed by atoms with Gasteiger partial charge in [-0.1, -0.05) is 12.1 Å². The van der Waals surface area contributed by atoms with E-state index in [1.165, 1.54) is 0 Å². The monoisotopic (exact) mass is 267 g/mol. The highest BCUT2D eigenvalue weighted by molar-refractivity contribution is 5.02. The minimum atomic E-state index is 0.220. The summed E-state index contributed by atoms with van der Waals surface area (Å²) in [6.07, 6.45) is 0. The van der Waals surface area contributed by atoms with Crippen LogP contribution in [0.3, 0.4) is 0 Å². The first-order chi connectivity index (χ1) is 9.02. The van der Waals surface area contributed by atoms with Crippen molar-refractivity contribution in [1.29, 1.82) is 0 Å². The molecule has 0 aromatic carbocycles. The Morgan fingerprint density at radius 1 is 1.32 bits per heavy atom. The number of piperazine rings is 1. The van der Waals surface area contributed by atoms with Crippen molar-refractivity contribution in [1.82, 2.24) is 25.3 Å². The Labute approximate surface area is 115 Å². The molecule has 1 aliphatic heterocycles. The molecule has 0 bridgehead atoms. The highest BCUT2D eigenvalue weighted by Gasteiger charge is 2.29. The van der Waals surface area contributed by atoms with E-state index in [9.17, 15) is 0 Å². The SMILES string of the molecule is CNC(C)C(C)c1nc(C2CN(C)CCN2C)no1. The van der Waals surface area contributed by atoms with Crippen molar-refractivity contribution in [2.45, 2.75) is 31.8 Å². The van der Waals surface area contributed by atoms with Gasteiger partial charge in [-0.3, -0.25) is 4.90 Å². The lowest BCUT2D eigenvalue weighted by Crippen LogP contribution is -2.45. The van der Waals surface area contributed by atoms with Crippen molar-refractivity contribution in [3.05, 3.63) is 11.7 Å². The first-order valence-corrected chi connectivity index (χ1v) is 6.92. The van der Waals surface area contributed by atoms with Gasteiger partial charge in [-0.15, -0.1) is 0 Å². The zero-order chi connectivity index (χ0) is 14.0. The van der Waals surface area contributed by atoms with Gasteiger partial charge in [0.1, 0.15) is 0 Å². The molecule has 1 aromatic rings. The van der Waals surface area contributed by atoms with E-state index in [0.717, 1.165) is 31.3 Å². The van der Waals surface area contributed by atoms with Crippen LogP contribution in [-0.2, 0) is 0 Å². The number of likely N-dealkylation sites (N-methyl/N-ethyl adjacent to an activating group) is 3. The van der Waals surface area contributed by atoms with Crippen LogP contribution in [-0.4, -0.2) is 66.8 Å². The molecule has 1 aliphatic rings. The molecule has 2 rings (SSSR count). The van der Waals surface area contributed by atoms with E-state index in [-0.39, 0.29) is 12.0 Å². The number of hydrogen-bond donors (Lipinski definition) is 1. The van der Waals surface area contributed by atoms with Crippen molar-refractivity contribution in [2.75, 3.05) is 40.8 Å². The summed E-state index contributed by atoms with van der Waals surface area (Å²) < 4.78 is 5.44. The van der Waals surface area contributed by atoms with E-state index in [4.69, 9.17) is 4.52 Å². The summed E-state index contributed by atoms with van der Waals surface area (Å²) >= 11 is 0. The van der Waals surface area contributed by atoms with Gasteiger partial charge in [0.25, 0.3) is 0 Å². The summed E-state index contributed by atoms with van der Waals surface area (Å²) in [5.74, 6) is 1.75. The van der Waals surface area contributed by atoms with E-state index in [1.807, 2.05) is 7.05 Å². The summed E-state index contributed by atoms with van der Waals surface area (Å²) in [7, 11) is 6.20. The van der Waals surface area contributed by atoms with Crippen LogP contribution >= 0.6 is 0 Å². The molecule has 3 atom stereocenters. The first kappa shape index (κ1) is 14.4. The van der Waals surface area contributed by atoms with E-state index < -0.39 is 0 Å². The highest BCUT2D eigenvalue weighted by atomic mass is 16.5. The molecule has 0 aliphatic carbocycles. The predicted molar refractivity (Wildman–Crippen MR) is 74.1 cm³/mol. The second-order valence-electron chi connectivity index (χ2n) is 5.62. The van der Waals surface area contributed by atoms with Crippen molar-refractivity contribution < 1.29 is 4.52 Å². The first-order valence-electron chi connectivity index (χ1n) is 6.92. The van der Waals surface area contributed by atoms with E-state index >= 15 is 0 Å². The Balaban J connectivity index is 2.11. The lowest BCUT2D eigenvalue weighted by Gasteiger charge is -2.35. The molecule has 0 radical (unpaired) electrons. The van der Waals surface area contributed by atoms with Crippen molar-refractivity contribution in [3.8, 4) is 0 Å². The summed E-state index contributed by atoms with van der Waals surface area (Å²) in [6.45, 7) is 7.30. The fourth-order valence-corrected chi connectivity index (χ4v) is 2.32. The van der Waals surface area contributed by atoms with Gasteiger partial charge < -0.3 is 14.7 Å². The zero-order valence-electron chi connectivity index (χ0n) is 12.6. The Morgan fingerprint density at radius 3 is 2.74 bits per heavy atom. The lowest BCUT2D eigenvalue weighted by molar-refractivity contribution is 0.108. The Morgan fingerprint density at radius 2 is 2.05 bits per heavy atom. The third-order valence-corrected chi connectivity index (χ3v) is 4.20.